The maximum Gasteiger partial charge on any atom is 0.248 e. The van der Waals surface area contributed by atoms with E-state index < -0.39 is 0 Å². The average Bonchev–Trinajstić information content (AvgIpc) is 2.59. The molecule has 0 saturated carbocycles. The van der Waals surface area contributed by atoms with Gasteiger partial charge in [-0.05, 0) is 67.8 Å². The molecule has 1 N–H and O–H groups in total. The van der Waals surface area contributed by atoms with Crippen molar-refractivity contribution in [2.75, 3.05) is 11.9 Å². The second kappa shape index (κ2) is 9.66. The van der Waals surface area contributed by atoms with Gasteiger partial charge in [0.15, 0.2) is 0 Å². The van der Waals surface area contributed by atoms with Crippen molar-refractivity contribution in [3.63, 3.8) is 0 Å². The predicted molar refractivity (Wildman–Crippen MR) is 107 cm³/mol. The van der Waals surface area contributed by atoms with Gasteiger partial charge in [-0.1, -0.05) is 26.0 Å². The number of benzene rings is 2. The minimum atomic E-state index is -0.184. The fraction of sp³-hybridized carbons (Fsp3) is 0.318. The number of ether oxygens (including phenoxy) is 2. The predicted octanol–water partition coefficient (Wildman–Crippen LogP) is 5.16. The van der Waals surface area contributed by atoms with Crippen molar-refractivity contribution in [3.8, 4) is 11.5 Å². The molecule has 0 fully saturated rings. The molecule has 0 unspecified atom stereocenters. The summed E-state index contributed by atoms with van der Waals surface area (Å²) >= 11 is 0. The molecule has 2 aromatic carbocycles. The summed E-state index contributed by atoms with van der Waals surface area (Å²) in [6.45, 7) is 8.84. The lowest BCUT2D eigenvalue weighted by Gasteiger charge is -2.10. The van der Waals surface area contributed by atoms with Crippen LogP contribution in [0.2, 0.25) is 0 Å². The largest absolute Gasteiger partial charge is 0.493 e. The monoisotopic (exact) mass is 353 g/mol. The molecule has 0 heterocycles. The van der Waals surface area contributed by atoms with Gasteiger partial charge in [-0.3, -0.25) is 4.79 Å². The lowest BCUT2D eigenvalue weighted by atomic mass is 10.2. The van der Waals surface area contributed by atoms with Crippen molar-refractivity contribution < 1.29 is 14.3 Å². The fourth-order valence-corrected chi connectivity index (χ4v) is 2.22. The maximum atomic E-state index is 12.1. The highest BCUT2D eigenvalue weighted by molar-refractivity contribution is 6.01. The van der Waals surface area contributed by atoms with Gasteiger partial charge in [-0.15, -0.1) is 0 Å². The number of anilines is 1. The summed E-state index contributed by atoms with van der Waals surface area (Å²) in [5.74, 6) is 1.88. The summed E-state index contributed by atoms with van der Waals surface area (Å²) in [4.78, 5) is 12.1. The van der Waals surface area contributed by atoms with Gasteiger partial charge in [0.05, 0.1) is 12.7 Å². The van der Waals surface area contributed by atoms with Crippen LogP contribution in [0, 0.1) is 5.92 Å². The lowest BCUT2D eigenvalue weighted by Crippen LogP contribution is -2.08. The van der Waals surface area contributed by atoms with Crippen molar-refractivity contribution >= 4 is 17.7 Å². The van der Waals surface area contributed by atoms with Gasteiger partial charge in [0.25, 0.3) is 0 Å². The number of carbonyl (C=O) groups is 1. The first-order valence-corrected chi connectivity index (χ1v) is 8.91. The first kappa shape index (κ1) is 19.6. The van der Waals surface area contributed by atoms with Gasteiger partial charge < -0.3 is 14.8 Å². The van der Waals surface area contributed by atoms with E-state index in [-0.39, 0.29) is 12.0 Å². The third-order valence-corrected chi connectivity index (χ3v) is 3.36. The molecule has 0 radical (unpaired) electrons. The molecule has 0 aromatic heterocycles. The van der Waals surface area contributed by atoms with E-state index in [0.29, 0.717) is 12.5 Å². The lowest BCUT2D eigenvalue weighted by molar-refractivity contribution is -0.111. The smallest absolute Gasteiger partial charge is 0.248 e. The minimum Gasteiger partial charge on any atom is -0.493 e. The molecule has 0 aliphatic rings. The normalized spacial score (nSPS) is 11.2. The highest BCUT2D eigenvalue weighted by Crippen LogP contribution is 2.18. The Morgan fingerprint density at radius 1 is 1.04 bits per heavy atom. The topological polar surface area (TPSA) is 47.6 Å². The summed E-state index contributed by atoms with van der Waals surface area (Å²) < 4.78 is 11.3. The van der Waals surface area contributed by atoms with E-state index in [2.05, 4.69) is 19.2 Å². The van der Waals surface area contributed by atoms with E-state index >= 15 is 0 Å². The zero-order valence-electron chi connectivity index (χ0n) is 15.9. The van der Waals surface area contributed by atoms with Gasteiger partial charge >= 0.3 is 0 Å². The number of hydrogen-bond acceptors (Lipinski definition) is 3. The molecular formula is C22H27NO3. The number of amides is 1. The number of hydrogen-bond donors (Lipinski definition) is 1. The Labute approximate surface area is 155 Å². The van der Waals surface area contributed by atoms with Crippen molar-refractivity contribution in [1.29, 1.82) is 0 Å². The Kier molecular flexibility index (Phi) is 7.27. The van der Waals surface area contributed by atoms with Crippen LogP contribution < -0.4 is 14.8 Å². The van der Waals surface area contributed by atoms with E-state index in [0.717, 1.165) is 22.7 Å². The van der Waals surface area contributed by atoms with E-state index in [9.17, 15) is 4.79 Å². The SMILES string of the molecule is CC(C)COc1ccc(NC(=O)/C=C/c2cccc(OC(C)C)c2)cc1. The molecule has 0 spiro atoms. The first-order valence-electron chi connectivity index (χ1n) is 8.91. The van der Waals surface area contributed by atoms with Crippen LogP contribution in [0.1, 0.15) is 33.3 Å². The molecule has 0 saturated heterocycles. The molecule has 1 amide bonds. The van der Waals surface area contributed by atoms with Gasteiger partial charge in [0.1, 0.15) is 11.5 Å². The van der Waals surface area contributed by atoms with Crippen LogP contribution in [0.15, 0.2) is 54.6 Å². The van der Waals surface area contributed by atoms with Crippen LogP contribution in [-0.4, -0.2) is 18.6 Å². The molecule has 26 heavy (non-hydrogen) atoms. The van der Waals surface area contributed by atoms with E-state index in [4.69, 9.17) is 9.47 Å². The summed E-state index contributed by atoms with van der Waals surface area (Å²) in [7, 11) is 0. The molecule has 0 atom stereocenters. The Bertz CT molecular complexity index is 733. The zero-order chi connectivity index (χ0) is 18.9. The van der Waals surface area contributed by atoms with E-state index in [1.54, 1.807) is 6.08 Å². The number of nitrogens with one attached hydrogen (secondary N) is 1. The second-order valence-electron chi connectivity index (χ2n) is 6.79. The molecule has 138 valence electrons. The number of rotatable bonds is 8. The van der Waals surface area contributed by atoms with Gasteiger partial charge in [0.2, 0.25) is 5.91 Å². The number of carbonyl (C=O) groups excluding carboxylic acids is 1. The van der Waals surface area contributed by atoms with Gasteiger partial charge in [-0.25, -0.2) is 0 Å². The fourth-order valence-electron chi connectivity index (χ4n) is 2.22. The van der Waals surface area contributed by atoms with E-state index in [1.165, 1.54) is 6.08 Å². The Morgan fingerprint density at radius 2 is 1.77 bits per heavy atom. The quantitative estimate of drug-likeness (QED) is 0.667. The Hall–Kier alpha value is -2.75. The summed E-state index contributed by atoms with van der Waals surface area (Å²) in [5.41, 5.74) is 1.64. The molecule has 4 nitrogen and oxygen atoms in total. The molecule has 0 aliphatic heterocycles. The van der Waals surface area contributed by atoms with Crippen LogP contribution >= 0.6 is 0 Å². The molecule has 0 bridgehead atoms. The van der Waals surface area contributed by atoms with Crippen molar-refractivity contribution in [1.82, 2.24) is 0 Å². The van der Waals surface area contributed by atoms with Gasteiger partial charge in [0, 0.05) is 11.8 Å². The van der Waals surface area contributed by atoms with Gasteiger partial charge in [-0.2, -0.15) is 0 Å². The Balaban J connectivity index is 1.90. The maximum absolute atomic E-state index is 12.1. The van der Waals surface area contributed by atoms with Crippen LogP contribution in [0.25, 0.3) is 6.08 Å². The van der Waals surface area contributed by atoms with Crippen LogP contribution in [0.3, 0.4) is 0 Å². The third kappa shape index (κ3) is 7.01. The van der Waals surface area contributed by atoms with Crippen molar-refractivity contribution in [3.05, 3.63) is 60.2 Å². The Morgan fingerprint density at radius 3 is 2.42 bits per heavy atom. The van der Waals surface area contributed by atoms with Crippen molar-refractivity contribution in [2.24, 2.45) is 5.92 Å². The van der Waals surface area contributed by atoms with E-state index in [1.807, 2.05) is 62.4 Å². The standard InChI is InChI=1S/C22H27NO3/c1-16(2)15-25-20-11-9-19(10-12-20)23-22(24)13-8-18-6-5-7-21(14-18)26-17(3)4/h5-14,16-17H,15H2,1-4H3,(H,23,24)/b13-8+. The third-order valence-electron chi connectivity index (χ3n) is 3.36. The highest BCUT2D eigenvalue weighted by atomic mass is 16.5. The molecule has 4 heteroatoms. The zero-order valence-corrected chi connectivity index (χ0v) is 15.9. The molecular weight excluding hydrogens is 326 g/mol. The molecule has 2 aromatic rings. The average molecular weight is 353 g/mol. The van der Waals surface area contributed by atoms with Crippen LogP contribution in [0.5, 0.6) is 11.5 Å². The summed E-state index contributed by atoms with van der Waals surface area (Å²) in [6, 6.07) is 15.0. The highest BCUT2D eigenvalue weighted by Gasteiger charge is 2.01. The van der Waals surface area contributed by atoms with Crippen LogP contribution in [0.4, 0.5) is 5.69 Å². The minimum absolute atomic E-state index is 0.116. The molecule has 0 aliphatic carbocycles. The van der Waals surface area contributed by atoms with Crippen LogP contribution in [-0.2, 0) is 4.79 Å². The molecule has 2 rings (SSSR count). The summed E-state index contributed by atoms with van der Waals surface area (Å²) in [5, 5.41) is 2.84. The first-order chi connectivity index (χ1) is 12.4. The van der Waals surface area contributed by atoms with Crippen molar-refractivity contribution in [2.45, 2.75) is 33.8 Å². The summed E-state index contributed by atoms with van der Waals surface area (Å²) in [6.07, 6.45) is 3.39. The second-order valence-corrected chi connectivity index (χ2v) is 6.79.